The number of hydrogen-bond donors (Lipinski definition) is 1. The first-order valence-corrected chi connectivity index (χ1v) is 12.3. The van der Waals surface area contributed by atoms with E-state index >= 15 is 0 Å². The standard InChI is InChI=1S/C24H35NO2S/c1-3-5-6-7-10-15-21(4-2)24(20-28(25,26)27,22-16-11-8-12-17-22)23-18-13-9-14-19-23/h8-9,11-14,16-19,21H,3-7,10,15,20H2,1-2H3,(H2,25,26,27). The first kappa shape index (κ1) is 22.6. The number of hydrogen-bond acceptors (Lipinski definition) is 2. The molecule has 0 spiro atoms. The Morgan fingerprint density at radius 1 is 0.821 bits per heavy atom. The molecule has 0 radical (unpaired) electrons. The normalized spacial score (nSPS) is 13.4. The summed E-state index contributed by atoms with van der Waals surface area (Å²) in [6.45, 7) is 4.39. The summed E-state index contributed by atoms with van der Waals surface area (Å²) in [5.74, 6) is 0.138. The fourth-order valence-corrected chi connectivity index (χ4v) is 5.71. The first-order valence-electron chi connectivity index (χ1n) is 10.6. The van der Waals surface area contributed by atoms with Crippen LogP contribution in [0.5, 0.6) is 0 Å². The highest BCUT2D eigenvalue weighted by molar-refractivity contribution is 7.89. The van der Waals surface area contributed by atoms with E-state index in [-0.39, 0.29) is 11.7 Å². The van der Waals surface area contributed by atoms with E-state index in [1.807, 2.05) is 36.4 Å². The molecule has 0 heterocycles. The molecule has 0 aliphatic carbocycles. The molecule has 28 heavy (non-hydrogen) atoms. The Balaban J connectivity index is 2.51. The van der Waals surface area contributed by atoms with Gasteiger partial charge >= 0.3 is 0 Å². The highest BCUT2D eigenvalue weighted by Crippen LogP contribution is 2.44. The third kappa shape index (κ3) is 5.92. The SMILES string of the molecule is CCCCCCCC(CC)C(CS(N)(=O)=O)(c1ccccc1)c1ccccc1. The molecular weight excluding hydrogens is 366 g/mol. The van der Waals surface area contributed by atoms with Gasteiger partial charge in [0.15, 0.2) is 0 Å². The van der Waals surface area contributed by atoms with Crippen LogP contribution in [0.2, 0.25) is 0 Å². The van der Waals surface area contributed by atoms with Gasteiger partial charge in [-0.15, -0.1) is 0 Å². The van der Waals surface area contributed by atoms with Gasteiger partial charge in [-0.2, -0.15) is 0 Å². The van der Waals surface area contributed by atoms with Crippen LogP contribution in [-0.2, 0) is 15.4 Å². The average molecular weight is 402 g/mol. The highest BCUT2D eigenvalue weighted by atomic mass is 32.2. The fraction of sp³-hybridized carbons (Fsp3) is 0.500. The molecule has 2 rings (SSSR count). The van der Waals surface area contributed by atoms with Gasteiger partial charge in [0.25, 0.3) is 0 Å². The van der Waals surface area contributed by atoms with E-state index in [0.29, 0.717) is 0 Å². The molecule has 1 atom stereocenters. The molecule has 1 unspecified atom stereocenters. The molecule has 0 aliphatic heterocycles. The van der Waals surface area contributed by atoms with Gasteiger partial charge in [-0.1, -0.05) is 113 Å². The Hall–Kier alpha value is -1.65. The Morgan fingerprint density at radius 2 is 1.32 bits per heavy atom. The van der Waals surface area contributed by atoms with Crippen molar-refractivity contribution in [3.8, 4) is 0 Å². The molecule has 2 N–H and O–H groups in total. The minimum absolute atomic E-state index is 0.0680. The first-order chi connectivity index (χ1) is 13.4. The van der Waals surface area contributed by atoms with Crippen molar-refractivity contribution in [2.45, 2.75) is 64.2 Å². The van der Waals surface area contributed by atoms with Crippen molar-refractivity contribution in [2.75, 3.05) is 5.75 Å². The Bertz CT molecular complexity index is 748. The molecule has 0 aromatic heterocycles. The van der Waals surface area contributed by atoms with Gasteiger partial charge in [0, 0.05) is 5.41 Å². The summed E-state index contributed by atoms with van der Waals surface area (Å²) in [5, 5.41) is 5.66. The summed E-state index contributed by atoms with van der Waals surface area (Å²) in [6.07, 6.45) is 7.94. The molecule has 0 fully saturated rings. The van der Waals surface area contributed by atoms with Crippen LogP contribution in [0.4, 0.5) is 0 Å². The summed E-state index contributed by atoms with van der Waals surface area (Å²) in [6, 6.07) is 20.1. The predicted molar refractivity (Wildman–Crippen MR) is 119 cm³/mol. The maximum Gasteiger partial charge on any atom is 0.210 e. The number of rotatable bonds is 12. The van der Waals surface area contributed by atoms with Crippen LogP contribution in [0.1, 0.15) is 69.9 Å². The zero-order chi connectivity index (χ0) is 20.5. The van der Waals surface area contributed by atoms with Crippen LogP contribution < -0.4 is 5.14 Å². The summed E-state index contributed by atoms with van der Waals surface area (Å²) >= 11 is 0. The quantitative estimate of drug-likeness (QED) is 0.467. The number of nitrogens with two attached hydrogens (primary N) is 1. The number of primary sulfonamides is 1. The number of sulfonamides is 1. The smallest absolute Gasteiger partial charge is 0.210 e. The van der Waals surface area contributed by atoms with Crippen molar-refractivity contribution >= 4 is 10.0 Å². The number of unbranched alkanes of at least 4 members (excludes halogenated alkanes) is 4. The summed E-state index contributed by atoms with van der Waals surface area (Å²) in [5.41, 5.74) is 1.45. The second-order valence-corrected chi connectivity index (χ2v) is 9.43. The zero-order valence-corrected chi connectivity index (χ0v) is 18.1. The monoisotopic (exact) mass is 401 g/mol. The minimum atomic E-state index is -3.67. The van der Waals surface area contributed by atoms with Crippen LogP contribution in [0.25, 0.3) is 0 Å². The van der Waals surface area contributed by atoms with Crippen molar-refractivity contribution in [3.05, 3.63) is 71.8 Å². The van der Waals surface area contributed by atoms with Crippen LogP contribution in [-0.4, -0.2) is 14.2 Å². The maximum atomic E-state index is 12.4. The maximum absolute atomic E-state index is 12.4. The lowest BCUT2D eigenvalue weighted by Crippen LogP contribution is -2.44. The van der Waals surface area contributed by atoms with Crippen molar-refractivity contribution in [1.29, 1.82) is 0 Å². The summed E-state index contributed by atoms with van der Waals surface area (Å²) in [4.78, 5) is 0. The second-order valence-electron chi connectivity index (χ2n) is 7.82. The van der Waals surface area contributed by atoms with Crippen LogP contribution >= 0.6 is 0 Å². The van der Waals surface area contributed by atoms with E-state index in [9.17, 15) is 8.42 Å². The molecule has 0 aliphatic rings. The minimum Gasteiger partial charge on any atom is -0.229 e. The van der Waals surface area contributed by atoms with Crippen molar-refractivity contribution in [3.63, 3.8) is 0 Å². The second kappa shape index (κ2) is 10.8. The third-order valence-corrected chi connectivity index (χ3v) is 6.71. The molecule has 2 aromatic carbocycles. The van der Waals surface area contributed by atoms with Gasteiger partial charge in [0.1, 0.15) is 0 Å². The topological polar surface area (TPSA) is 60.2 Å². The van der Waals surface area contributed by atoms with E-state index in [1.165, 1.54) is 25.7 Å². The molecule has 0 saturated heterocycles. The molecule has 0 amide bonds. The molecule has 154 valence electrons. The predicted octanol–water partition coefficient (Wildman–Crippen LogP) is 5.65. The summed E-state index contributed by atoms with van der Waals surface area (Å²) in [7, 11) is -3.67. The van der Waals surface area contributed by atoms with Gasteiger partial charge in [-0.3, -0.25) is 0 Å². The Kier molecular flexibility index (Phi) is 8.71. The fourth-order valence-electron chi connectivity index (χ4n) is 4.50. The van der Waals surface area contributed by atoms with E-state index in [4.69, 9.17) is 5.14 Å². The van der Waals surface area contributed by atoms with Crippen molar-refractivity contribution in [2.24, 2.45) is 11.1 Å². The molecule has 0 saturated carbocycles. The number of benzene rings is 2. The van der Waals surface area contributed by atoms with E-state index in [1.54, 1.807) is 0 Å². The largest absolute Gasteiger partial charge is 0.229 e. The van der Waals surface area contributed by atoms with Gasteiger partial charge < -0.3 is 0 Å². The molecule has 0 bridgehead atoms. The van der Waals surface area contributed by atoms with Gasteiger partial charge in [-0.05, 0) is 23.5 Å². The zero-order valence-electron chi connectivity index (χ0n) is 17.3. The molecular formula is C24H35NO2S. The third-order valence-electron chi connectivity index (χ3n) is 5.85. The van der Waals surface area contributed by atoms with Gasteiger partial charge in [0.2, 0.25) is 10.0 Å². The van der Waals surface area contributed by atoms with E-state index in [2.05, 4.69) is 38.1 Å². The molecule has 4 heteroatoms. The van der Waals surface area contributed by atoms with E-state index < -0.39 is 15.4 Å². The van der Waals surface area contributed by atoms with Crippen LogP contribution in [0, 0.1) is 5.92 Å². The van der Waals surface area contributed by atoms with Gasteiger partial charge in [-0.25, -0.2) is 13.6 Å². The highest BCUT2D eigenvalue weighted by Gasteiger charge is 2.43. The lowest BCUT2D eigenvalue weighted by molar-refractivity contribution is 0.304. The Morgan fingerprint density at radius 3 is 1.75 bits per heavy atom. The van der Waals surface area contributed by atoms with Crippen molar-refractivity contribution in [1.82, 2.24) is 0 Å². The molecule has 2 aromatic rings. The summed E-state index contributed by atoms with van der Waals surface area (Å²) < 4.78 is 24.8. The van der Waals surface area contributed by atoms with E-state index in [0.717, 1.165) is 30.4 Å². The Labute approximate surface area is 171 Å². The average Bonchev–Trinajstić information content (AvgIpc) is 2.70. The van der Waals surface area contributed by atoms with Crippen LogP contribution in [0.15, 0.2) is 60.7 Å². The lowest BCUT2D eigenvalue weighted by Gasteiger charge is -2.41. The van der Waals surface area contributed by atoms with Crippen LogP contribution in [0.3, 0.4) is 0 Å². The van der Waals surface area contributed by atoms with Crippen molar-refractivity contribution < 1.29 is 8.42 Å². The van der Waals surface area contributed by atoms with Gasteiger partial charge in [0.05, 0.1) is 5.75 Å². The molecule has 3 nitrogen and oxygen atoms in total. The lowest BCUT2D eigenvalue weighted by atomic mass is 9.64.